The molecule has 0 fully saturated rings. The first-order valence-corrected chi connectivity index (χ1v) is 4.18. The number of hydrogen-bond donors (Lipinski definition) is 2. The zero-order valence-electron chi connectivity index (χ0n) is 8.04. The number of rotatable bonds is 7. The fourth-order valence-electron chi connectivity index (χ4n) is 0.632. The van der Waals surface area contributed by atoms with Gasteiger partial charge in [-0.1, -0.05) is 13.8 Å². The standard InChI is InChI=1S/C8H19NO3/c1-7(2)5-12-9-4-8(10)6-11-3/h7-10H,4-6H2,1-3H3. The molecule has 0 bridgehead atoms. The molecule has 0 aliphatic heterocycles. The molecule has 0 aliphatic carbocycles. The third-order valence-electron chi connectivity index (χ3n) is 1.20. The van der Waals surface area contributed by atoms with Crippen LogP contribution in [0.3, 0.4) is 0 Å². The molecular weight excluding hydrogens is 158 g/mol. The summed E-state index contributed by atoms with van der Waals surface area (Å²) in [5.41, 5.74) is 2.67. The average molecular weight is 177 g/mol. The summed E-state index contributed by atoms with van der Waals surface area (Å²) in [6.07, 6.45) is -0.498. The Morgan fingerprint density at radius 3 is 2.50 bits per heavy atom. The Hall–Kier alpha value is -0.160. The van der Waals surface area contributed by atoms with Gasteiger partial charge in [-0.05, 0) is 5.92 Å². The van der Waals surface area contributed by atoms with Crippen molar-refractivity contribution in [2.24, 2.45) is 5.92 Å². The van der Waals surface area contributed by atoms with E-state index in [-0.39, 0.29) is 0 Å². The molecule has 0 radical (unpaired) electrons. The molecule has 0 rings (SSSR count). The van der Waals surface area contributed by atoms with Crippen LogP contribution in [-0.2, 0) is 9.57 Å². The Labute approximate surface area is 73.8 Å². The molecule has 0 spiro atoms. The van der Waals surface area contributed by atoms with Gasteiger partial charge in [0, 0.05) is 13.7 Å². The highest BCUT2D eigenvalue weighted by molar-refractivity contribution is 4.52. The number of hydrogen-bond acceptors (Lipinski definition) is 4. The largest absolute Gasteiger partial charge is 0.389 e. The van der Waals surface area contributed by atoms with Crippen molar-refractivity contribution in [3.63, 3.8) is 0 Å². The molecule has 0 heterocycles. The van der Waals surface area contributed by atoms with Gasteiger partial charge in [0.05, 0.1) is 19.3 Å². The van der Waals surface area contributed by atoms with Crippen molar-refractivity contribution in [3.8, 4) is 0 Å². The summed E-state index contributed by atoms with van der Waals surface area (Å²) in [4.78, 5) is 5.05. The Bertz CT molecular complexity index is 98.3. The second kappa shape index (κ2) is 7.49. The van der Waals surface area contributed by atoms with Gasteiger partial charge >= 0.3 is 0 Å². The van der Waals surface area contributed by atoms with Crippen LogP contribution in [0, 0.1) is 5.92 Å². The molecular formula is C8H19NO3. The van der Waals surface area contributed by atoms with E-state index in [0.717, 1.165) is 0 Å². The van der Waals surface area contributed by atoms with Crippen LogP contribution in [0.5, 0.6) is 0 Å². The first-order chi connectivity index (χ1) is 5.66. The minimum atomic E-state index is -0.498. The summed E-state index contributed by atoms with van der Waals surface area (Å²) < 4.78 is 4.74. The first kappa shape index (κ1) is 11.8. The van der Waals surface area contributed by atoms with Crippen molar-refractivity contribution < 1.29 is 14.7 Å². The lowest BCUT2D eigenvalue weighted by atomic mass is 10.2. The Kier molecular flexibility index (Phi) is 7.39. The summed E-state index contributed by atoms with van der Waals surface area (Å²) in [6.45, 7) is 5.51. The summed E-state index contributed by atoms with van der Waals surface area (Å²) >= 11 is 0. The van der Waals surface area contributed by atoms with E-state index in [9.17, 15) is 0 Å². The lowest BCUT2D eigenvalue weighted by molar-refractivity contribution is -0.0157. The monoisotopic (exact) mass is 177 g/mol. The Balaban J connectivity index is 3.08. The van der Waals surface area contributed by atoms with Gasteiger partial charge in [-0.15, -0.1) is 0 Å². The van der Waals surface area contributed by atoms with Gasteiger partial charge in [-0.3, -0.25) is 0 Å². The molecule has 74 valence electrons. The highest BCUT2D eigenvalue weighted by atomic mass is 16.6. The smallest absolute Gasteiger partial charge is 0.0920 e. The topological polar surface area (TPSA) is 50.7 Å². The van der Waals surface area contributed by atoms with Crippen LogP contribution in [0.1, 0.15) is 13.8 Å². The van der Waals surface area contributed by atoms with Crippen LogP contribution in [0.4, 0.5) is 0 Å². The normalized spacial score (nSPS) is 13.8. The SMILES string of the molecule is COCC(O)CNOCC(C)C. The molecule has 0 aliphatic rings. The van der Waals surface area contributed by atoms with Crippen molar-refractivity contribution in [1.82, 2.24) is 5.48 Å². The maximum atomic E-state index is 9.15. The van der Waals surface area contributed by atoms with Crippen LogP contribution < -0.4 is 5.48 Å². The molecule has 1 unspecified atom stereocenters. The van der Waals surface area contributed by atoms with Gasteiger partial charge in [-0.2, -0.15) is 5.48 Å². The maximum Gasteiger partial charge on any atom is 0.0920 e. The van der Waals surface area contributed by atoms with Gasteiger partial charge < -0.3 is 14.7 Å². The van der Waals surface area contributed by atoms with E-state index in [1.807, 2.05) is 0 Å². The second-order valence-electron chi connectivity index (χ2n) is 3.16. The van der Waals surface area contributed by atoms with Gasteiger partial charge in [0.25, 0.3) is 0 Å². The van der Waals surface area contributed by atoms with Crippen LogP contribution in [-0.4, -0.2) is 38.1 Å². The van der Waals surface area contributed by atoms with Gasteiger partial charge in [-0.25, -0.2) is 0 Å². The minimum absolute atomic E-state index is 0.331. The molecule has 4 nitrogen and oxygen atoms in total. The van der Waals surface area contributed by atoms with Crippen molar-refractivity contribution >= 4 is 0 Å². The van der Waals surface area contributed by atoms with Gasteiger partial charge in [0.15, 0.2) is 0 Å². The molecule has 0 saturated heterocycles. The number of aliphatic hydroxyl groups is 1. The van der Waals surface area contributed by atoms with Crippen LogP contribution in [0.15, 0.2) is 0 Å². The molecule has 12 heavy (non-hydrogen) atoms. The van der Waals surface area contributed by atoms with Gasteiger partial charge in [0.1, 0.15) is 0 Å². The fourth-order valence-corrected chi connectivity index (χ4v) is 0.632. The number of ether oxygens (including phenoxy) is 1. The van der Waals surface area contributed by atoms with E-state index >= 15 is 0 Å². The van der Waals surface area contributed by atoms with E-state index in [2.05, 4.69) is 19.3 Å². The lowest BCUT2D eigenvalue weighted by Crippen LogP contribution is -2.31. The van der Waals surface area contributed by atoms with Gasteiger partial charge in [0.2, 0.25) is 0 Å². The quantitative estimate of drug-likeness (QED) is 0.430. The summed E-state index contributed by atoms with van der Waals surface area (Å²) in [5.74, 6) is 0.497. The fraction of sp³-hybridized carbons (Fsp3) is 1.00. The van der Waals surface area contributed by atoms with E-state index in [1.54, 1.807) is 7.11 Å². The average Bonchev–Trinajstić information content (AvgIpc) is 1.98. The molecule has 0 saturated carbocycles. The lowest BCUT2D eigenvalue weighted by Gasteiger charge is -2.11. The van der Waals surface area contributed by atoms with E-state index < -0.39 is 6.10 Å². The summed E-state index contributed by atoms with van der Waals surface area (Å²) in [6, 6.07) is 0. The molecule has 0 aromatic carbocycles. The molecule has 0 aromatic rings. The van der Waals surface area contributed by atoms with Crippen LogP contribution >= 0.6 is 0 Å². The maximum absolute atomic E-state index is 9.15. The molecule has 4 heteroatoms. The van der Waals surface area contributed by atoms with Crippen LogP contribution in [0.25, 0.3) is 0 Å². The van der Waals surface area contributed by atoms with E-state index in [4.69, 9.17) is 14.7 Å². The van der Waals surface area contributed by atoms with Crippen LogP contribution in [0.2, 0.25) is 0 Å². The molecule has 0 aromatic heterocycles. The highest BCUT2D eigenvalue weighted by Gasteiger charge is 2.02. The number of methoxy groups -OCH3 is 1. The summed E-state index contributed by atoms with van der Waals surface area (Å²) in [5, 5.41) is 9.15. The predicted octanol–water partition coefficient (Wildman–Crippen LogP) is 0.171. The van der Waals surface area contributed by atoms with Crippen molar-refractivity contribution in [3.05, 3.63) is 0 Å². The highest BCUT2D eigenvalue weighted by Crippen LogP contribution is 1.90. The molecule has 2 N–H and O–H groups in total. The Morgan fingerprint density at radius 1 is 1.33 bits per heavy atom. The van der Waals surface area contributed by atoms with E-state index in [1.165, 1.54) is 0 Å². The second-order valence-corrected chi connectivity index (χ2v) is 3.16. The number of hydroxylamine groups is 1. The van der Waals surface area contributed by atoms with Crippen molar-refractivity contribution in [2.45, 2.75) is 20.0 Å². The third-order valence-corrected chi connectivity index (χ3v) is 1.20. The van der Waals surface area contributed by atoms with E-state index in [0.29, 0.717) is 25.7 Å². The zero-order chi connectivity index (χ0) is 9.40. The van der Waals surface area contributed by atoms with Crippen molar-refractivity contribution in [2.75, 3.05) is 26.9 Å². The Morgan fingerprint density at radius 2 is 2.00 bits per heavy atom. The number of aliphatic hydroxyl groups excluding tert-OH is 1. The predicted molar refractivity (Wildman–Crippen MR) is 46.7 cm³/mol. The number of nitrogens with one attached hydrogen (secondary N) is 1. The van der Waals surface area contributed by atoms with Crippen molar-refractivity contribution in [1.29, 1.82) is 0 Å². The molecule has 0 amide bonds. The summed E-state index contributed by atoms with van der Waals surface area (Å²) in [7, 11) is 1.55. The zero-order valence-corrected chi connectivity index (χ0v) is 8.04. The first-order valence-electron chi connectivity index (χ1n) is 4.18. The molecule has 1 atom stereocenters. The minimum Gasteiger partial charge on any atom is -0.389 e. The third kappa shape index (κ3) is 7.94.